The average molecular weight is 292 g/mol. The molecule has 0 aliphatic heterocycles. The van der Waals surface area contributed by atoms with E-state index in [9.17, 15) is 0 Å². The minimum absolute atomic E-state index is 0.697. The fraction of sp³-hybridized carbons (Fsp3) is 0.231. The second-order valence-electron chi connectivity index (χ2n) is 3.71. The minimum Gasteiger partial charge on any atom is -0.379 e. The molecule has 3 nitrogen and oxygen atoms in total. The molecule has 1 heterocycles. The summed E-state index contributed by atoms with van der Waals surface area (Å²) in [4.78, 5) is 8.28. The topological polar surface area (TPSA) is 37.8 Å². The van der Waals surface area contributed by atoms with Crippen molar-refractivity contribution in [1.29, 1.82) is 0 Å². The minimum atomic E-state index is 0.697. The smallest absolute Gasteiger partial charge is 0.0777 e. The average Bonchev–Trinajstić information content (AvgIpc) is 2.38. The summed E-state index contributed by atoms with van der Waals surface area (Å²) in [6, 6.07) is 6.26. The molecule has 0 aliphatic rings. The van der Waals surface area contributed by atoms with Crippen LogP contribution in [0, 0.1) is 0 Å². The van der Waals surface area contributed by atoms with Gasteiger partial charge >= 0.3 is 0 Å². The number of anilines is 1. The first-order valence-corrected chi connectivity index (χ1v) is 6.36. The van der Waals surface area contributed by atoms with Crippen LogP contribution in [0.25, 0.3) is 0 Å². The lowest BCUT2D eigenvalue weighted by molar-refractivity contribution is 1.000. The van der Waals surface area contributed by atoms with Crippen molar-refractivity contribution in [2.75, 3.05) is 5.32 Å². The van der Waals surface area contributed by atoms with E-state index in [1.807, 2.05) is 6.07 Å². The van der Waals surface area contributed by atoms with E-state index < -0.39 is 0 Å². The van der Waals surface area contributed by atoms with Crippen molar-refractivity contribution < 1.29 is 0 Å². The van der Waals surface area contributed by atoms with Gasteiger partial charge in [0, 0.05) is 22.6 Å². The number of benzene rings is 1. The van der Waals surface area contributed by atoms with Crippen LogP contribution in [0.1, 0.15) is 18.2 Å². The summed E-state index contributed by atoms with van der Waals surface area (Å²) in [6.45, 7) is 2.84. The van der Waals surface area contributed by atoms with Crippen molar-refractivity contribution in [3.8, 4) is 0 Å². The van der Waals surface area contributed by atoms with Gasteiger partial charge in [-0.3, -0.25) is 9.97 Å². The molecule has 0 radical (unpaired) electrons. The molecular weight excluding hydrogens is 278 g/mol. The molecule has 0 amide bonds. The zero-order valence-electron chi connectivity index (χ0n) is 9.65. The van der Waals surface area contributed by atoms with E-state index in [1.54, 1.807) is 18.6 Å². The van der Waals surface area contributed by atoms with Gasteiger partial charge < -0.3 is 5.32 Å². The fourth-order valence-corrected chi connectivity index (χ4v) is 2.04. The van der Waals surface area contributed by atoms with Crippen molar-refractivity contribution in [1.82, 2.24) is 9.97 Å². The van der Waals surface area contributed by atoms with Crippen LogP contribution in [-0.2, 0) is 13.0 Å². The van der Waals surface area contributed by atoms with E-state index in [4.69, 9.17) is 0 Å². The summed E-state index contributed by atoms with van der Waals surface area (Å²) in [7, 11) is 0. The largest absolute Gasteiger partial charge is 0.379 e. The van der Waals surface area contributed by atoms with Crippen LogP contribution in [0.5, 0.6) is 0 Å². The van der Waals surface area contributed by atoms with E-state index in [0.29, 0.717) is 6.54 Å². The van der Waals surface area contributed by atoms with Gasteiger partial charge in [0.15, 0.2) is 0 Å². The molecule has 0 saturated heterocycles. The third-order valence-corrected chi connectivity index (χ3v) is 3.02. The highest BCUT2D eigenvalue weighted by Gasteiger charge is 2.01. The van der Waals surface area contributed by atoms with Gasteiger partial charge in [0.1, 0.15) is 0 Å². The Morgan fingerprint density at radius 2 is 2.18 bits per heavy atom. The van der Waals surface area contributed by atoms with Gasteiger partial charge in [0.2, 0.25) is 0 Å². The summed E-state index contributed by atoms with van der Waals surface area (Å²) in [5, 5.41) is 3.38. The first-order valence-electron chi connectivity index (χ1n) is 5.56. The van der Waals surface area contributed by atoms with Crippen LogP contribution in [0.4, 0.5) is 5.69 Å². The fourth-order valence-electron chi connectivity index (χ4n) is 1.63. The Balaban J connectivity index is 2.09. The standard InChI is InChI=1S/C13H14BrN3/c1-2-10-7-11(14)3-4-13(10)17-9-12-8-15-5-6-16-12/h3-8,17H,2,9H2,1H3. The lowest BCUT2D eigenvalue weighted by Gasteiger charge is -2.10. The van der Waals surface area contributed by atoms with E-state index in [1.165, 1.54) is 5.56 Å². The molecule has 4 heteroatoms. The third-order valence-electron chi connectivity index (χ3n) is 2.52. The third kappa shape index (κ3) is 3.27. The van der Waals surface area contributed by atoms with Gasteiger partial charge in [-0.15, -0.1) is 0 Å². The van der Waals surface area contributed by atoms with Crippen molar-refractivity contribution in [2.24, 2.45) is 0 Å². The molecular formula is C13H14BrN3. The molecule has 0 aliphatic carbocycles. The number of aryl methyl sites for hydroxylation is 1. The number of hydrogen-bond acceptors (Lipinski definition) is 3. The molecule has 0 bridgehead atoms. The number of nitrogens with zero attached hydrogens (tertiary/aromatic N) is 2. The Bertz CT molecular complexity index is 485. The maximum Gasteiger partial charge on any atom is 0.0777 e. The molecule has 1 N–H and O–H groups in total. The first kappa shape index (κ1) is 12.0. The van der Waals surface area contributed by atoms with Crippen LogP contribution in [0.2, 0.25) is 0 Å². The monoisotopic (exact) mass is 291 g/mol. The number of halogens is 1. The number of nitrogens with one attached hydrogen (secondary N) is 1. The Kier molecular flexibility index (Phi) is 4.09. The predicted octanol–water partition coefficient (Wildman–Crippen LogP) is 3.41. The molecule has 0 saturated carbocycles. The molecule has 88 valence electrons. The second kappa shape index (κ2) is 5.77. The van der Waals surface area contributed by atoms with Crippen LogP contribution in [0.15, 0.2) is 41.3 Å². The van der Waals surface area contributed by atoms with Crippen molar-refractivity contribution in [3.05, 3.63) is 52.5 Å². The highest BCUT2D eigenvalue weighted by atomic mass is 79.9. The molecule has 0 spiro atoms. The van der Waals surface area contributed by atoms with Crippen LogP contribution in [0.3, 0.4) is 0 Å². The van der Waals surface area contributed by atoms with Crippen LogP contribution < -0.4 is 5.32 Å². The van der Waals surface area contributed by atoms with Gasteiger partial charge in [-0.05, 0) is 30.2 Å². The van der Waals surface area contributed by atoms with E-state index >= 15 is 0 Å². The number of rotatable bonds is 4. The molecule has 0 fully saturated rings. The SMILES string of the molecule is CCc1cc(Br)ccc1NCc1cnccn1. The molecule has 2 rings (SSSR count). The van der Waals surface area contributed by atoms with Crippen molar-refractivity contribution in [3.63, 3.8) is 0 Å². The Morgan fingerprint density at radius 3 is 2.88 bits per heavy atom. The van der Waals surface area contributed by atoms with E-state index in [-0.39, 0.29) is 0 Å². The quantitative estimate of drug-likeness (QED) is 0.938. The van der Waals surface area contributed by atoms with Crippen LogP contribution >= 0.6 is 15.9 Å². The molecule has 1 aromatic carbocycles. The van der Waals surface area contributed by atoms with Crippen molar-refractivity contribution >= 4 is 21.6 Å². The molecule has 1 aromatic heterocycles. The zero-order valence-corrected chi connectivity index (χ0v) is 11.2. The summed E-state index contributed by atoms with van der Waals surface area (Å²) in [6.07, 6.45) is 6.17. The van der Waals surface area contributed by atoms with Crippen molar-refractivity contribution in [2.45, 2.75) is 19.9 Å². The maximum atomic E-state index is 4.23. The number of aromatic nitrogens is 2. The number of hydrogen-bond donors (Lipinski definition) is 1. The molecule has 2 aromatic rings. The second-order valence-corrected chi connectivity index (χ2v) is 4.62. The summed E-state index contributed by atoms with van der Waals surface area (Å²) in [5.74, 6) is 0. The Hall–Kier alpha value is -1.42. The highest BCUT2D eigenvalue weighted by molar-refractivity contribution is 9.10. The summed E-state index contributed by atoms with van der Waals surface area (Å²) >= 11 is 3.48. The lowest BCUT2D eigenvalue weighted by atomic mass is 10.1. The molecule has 0 atom stereocenters. The first-order chi connectivity index (χ1) is 8.29. The normalized spacial score (nSPS) is 10.2. The van der Waals surface area contributed by atoms with Crippen LogP contribution in [-0.4, -0.2) is 9.97 Å². The summed E-state index contributed by atoms with van der Waals surface area (Å²) < 4.78 is 1.11. The van der Waals surface area contributed by atoms with E-state index in [2.05, 4.69) is 50.3 Å². The van der Waals surface area contributed by atoms with Gasteiger partial charge in [0.25, 0.3) is 0 Å². The van der Waals surface area contributed by atoms with E-state index in [0.717, 1.165) is 22.3 Å². The lowest BCUT2D eigenvalue weighted by Crippen LogP contribution is -2.04. The highest BCUT2D eigenvalue weighted by Crippen LogP contribution is 2.21. The zero-order chi connectivity index (χ0) is 12.1. The molecule has 17 heavy (non-hydrogen) atoms. The maximum absolute atomic E-state index is 4.23. The molecule has 0 unspecified atom stereocenters. The van der Waals surface area contributed by atoms with Gasteiger partial charge in [0.05, 0.1) is 18.4 Å². The predicted molar refractivity (Wildman–Crippen MR) is 72.9 cm³/mol. The Labute approximate surface area is 109 Å². The Morgan fingerprint density at radius 1 is 1.29 bits per heavy atom. The van der Waals surface area contributed by atoms with Gasteiger partial charge in [-0.1, -0.05) is 22.9 Å². The summed E-state index contributed by atoms with van der Waals surface area (Å²) in [5.41, 5.74) is 3.39. The van der Waals surface area contributed by atoms with Gasteiger partial charge in [-0.25, -0.2) is 0 Å². The van der Waals surface area contributed by atoms with Gasteiger partial charge in [-0.2, -0.15) is 0 Å².